The molecule has 3 saturated heterocycles. The fourth-order valence-electron chi connectivity index (χ4n) is 5.18. The van der Waals surface area contributed by atoms with Gasteiger partial charge in [-0.2, -0.15) is 0 Å². The Morgan fingerprint density at radius 2 is 1.22 bits per heavy atom. The van der Waals surface area contributed by atoms with E-state index >= 15 is 0 Å². The summed E-state index contributed by atoms with van der Waals surface area (Å²) in [7, 11) is 1.59. The minimum absolute atomic E-state index is 0.0820. The smallest absolute Gasteiger partial charge is 0.338 e. The minimum Gasteiger partial charge on any atom is -0.459 e. The van der Waals surface area contributed by atoms with E-state index in [0.717, 1.165) is 11.1 Å². The van der Waals surface area contributed by atoms with Crippen molar-refractivity contribution >= 4 is 5.97 Å². The molecule has 1 unspecified atom stereocenters. The molecule has 0 radical (unpaired) electrons. The zero-order valence-corrected chi connectivity index (χ0v) is 22.8. The van der Waals surface area contributed by atoms with Crippen molar-refractivity contribution in [3.8, 4) is 0 Å². The van der Waals surface area contributed by atoms with Gasteiger partial charge in [-0.25, -0.2) is 4.79 Å². The summed E-state index contributed by atoms with van der Waals surface area (Å²) in [6.45, 7) is 1.03. The summed E-state index contributed by atoms with van der Waals surface area (Å²) in [5.41, 5.74) is 2.57. The molecule has 3 aliphatic rings. The number of carbonyl (C=O) groups is 1. The molecule has 216 valence electrons. The molecule has 0 saturated carbocycles. The van der Waals surface area contributed by atoms with Crippen molar-refractivity contribution in [2.75, 3.05) is 20.3 Å². The van der Waals surface area contributed by atoms with Crippen LogP contribution in [0.2, 0.25) is 0 Å². The van der Waals surface area contributed by atoms with Crippen LogP contribution in [-0.2, 0) is 51.1 Å². The summed E-state index contributed by atoms with van der Waals surface area (Å²) in [5, 5.41) is 0. The Hall–Kier alpha value is -3.15. The molecule has 9 nitrogen and oxygen atoms in total. The van der Waals surface area contributed by atoms with Crippen LogP contribution >= 0.6 is 0 Å². The second-order valence-corrected chi connectivity index (χ2v) is 10.2. The molecule has 0 aromatic heterocycles. The lowest BCUT2D eigenvalue weighted by molar-refractivity contribution is -0.208. The Labute approximate surface area is 239 Å². The number of benzene rings is 3. The summed E-state index contributed by atoms with van der Waals surface area (Å²) in [4.78, 5) is 12.3. The Morgan fingerprint density at radius 1 is 0.634 bits per heavy atom. The number of epoxide rings is 1. The van der Waals surface area contributed by atoms with Crippen molar-refractivity contribution in [2.45, 2.75) is 62.4 Å². The molecule has 3 aliphatic heterocycles. The second kappa shape index (κ2) is 13.2. The van der Waals surface area contributed by atoms with Crippen LogP contribution in [0.1, 0.15) is 21.5 Å². The van der Waals surface area contributed by atoms with Gasteiger partial charge in [-0.3, -0.25) is 0 Å². The number of fused-ring (bicyclic) bond motifs is 1. The van der Waals surface area contributed by atoms with Gasteiger partial charge in [0.15, 0.2) is 12.6 Å². The summed E-state index contributed by atoms with van der Waals surface area (Å²) in [6, 6.07) is 28.7. The average Bonchev–Trinajstić information content (AvgIpc) is 3.64. The van der Waals surface area contributed by atoms with Gasteiger partial charge in [0.1, 0.15) is 43.2 Å². The van der Waals surface area contributed by atoms with E-state index in [1.807, 2.05) is 66.7 Å². The lowest BCUT2D eigenvalue weighted by Crippen LogP contribution is -2.40. The molecule has 0 amide bonds. The molecule has 9 heteroatoms. The zero-order chi connectivity index (χ0) is 28.0. The van der Waals surface area contributed by atoms with Crippen molar-refractivity contribution in [1.82, 2.24) is 0 Å². The first-order valence-electron chi connectivity index (χ1n) is 13.8. The maximum Gasteiger partial charge on any atom is 0.338 e. The van der Waals surface area contributed by atoms with Crippen LogP contribution in [-0.4, -0.2) is 75.5 Å². The molecule has 41 heavy (non-hydrogen) atoms. The topological polar surface area (TPSA) is 94.2 Å². The Balaban J connectivity index is 1.06. The van der Waals surface area contributed by atoms with Crippen LogP contribution in [0.25, 0.3) is 0 Å². The fourth-order valence-corrected chi connectivity index (χ4v) is 5.18. The number of carbonyl (C=O) groups excluding carboxylic acids is 1. The van der Waals surface area contributed by atoms with Gasteiger partial charge < -0.3 is 37.9 Å². The third-order valence-electron chi connectivity index (χ3n) is 7.39. The van der Waals surface area contributed by atoms with E-state index in [-0.39, 0.29) is 25.4 Å². The summed E-state index contributed by atoms with van der Waals surface area (Å²) >= 11 is 0. The maximum atomic E-state index is 12.3. The van der Waals surface area contributed by atoms with E-state index in [0.29, 0.717) is 18.8 Å². The summed E-state index contributed by atoms with van der Waals surface area (Å²) < 4.78 is 47.9. The number of ether oxygens (including phenoxy) is 8. The number of methoxy groups -OCH3 is 1. The monoisotopic (exact) mass is 562 g/mol. The molecule has 0 spiro atoms. The van der Waals surface area contributed by atoms with Gasteiger partial charge >= 0.3 is 5.97 Å². The highest BCUT2D eigenvalue weighted by atomic mass is 16.8. The van der Waals surface area contributed by atoms with Gasteiger partial charge in [-0.1, -0.05) is 78.9 Å². The quantitative estimate of drug-likeness (QED) is 0.227. The van der Waals surface area contributed by atoms with E-state index < -0.39 is 43.0 Å². The van der Waals surface area contributed by atoms with Crippen molar-refractivity contribution in [2.24, 2.45) is 0 Å². The number of hydrogen-bond donors (Lipinski definition) is 0. The third-order valence-corrected chi connectivity index (χ3v) is 7.39. The van der Waals surface area contributed by atoms with Crippen LogP contribution in [0.4, 0.5) is 0 Å². The number of hydrogen-bond acceptors (Lipinski definition) is 9. The molecule has 3 aromatic rings. The molecular formula is C32H34O9. The number of rotatable bonds is 13. The van der Waals surface area contributed by atoms with Crippen molar-refractivity contribution in [1.29, 1.82) is 0 Å². The van der Waals surface area contributed by atoms with E-state index in [9.17, 15) is 4.79 Å². The summed E-state index contributed by atoms with van der Waals surface area (Å²) in [5.74, 6) is -0.402. The molecular weight excluding hydrogens is 528 g/mol. The molecule has 0 bridgehead atoms. The van der Waals surface area contributed by atoms with E-state index in [4.69, 9.17) is 37.9 Å². The van der Waals surface area contributed by atoms with Crippen molar-refractivity contribution in [3.05, 3.63) is 108 Å². The number of esters is 1. The van der Waals surface area contributed by atoms with Crippen LogP contribution in [0.3, 0.4) is 0 Å². The molecule has 0 N–H and O–H groups in total. The van der Waals surface area contributed by atoms with Gasteiger partial charge in [0.05, 0.1) is 25.4 Å². The second-order valence-electron chi connectivity index (χ2n) is 10.2. The van der Waals surface area contributed by atoms with Crippen LogP contribution in [0.15, 0.2) is 91.0 Å². The van der Waals surface area contributed by atoms with Gasteiger partial charge in [-0.15, -0.1) is 0 Å². The zero-order valence-electron chi connectivity index (χ0n) is 22.8. The molecule has 0 aliphatic carbocycles. The van der Waals surface area contributed by atoms with Crippen LogP contribution in [0, 0.1) is 0 Å². The molecule has 3 aromatic carbocycles. The van der Waals surface area contributed by atoms with Gasteiger partial charge in [0.2, 0.25) is 0 Å². The Bertz CT molecular complexity index is 1240. The maximum absolute atomic E-state index is 12.3. The van der Waals surface area contributed by atoms with E-state index in [1.165, 1.54) is 0 Å². The predicted molar refractivity (Wildman–Crippen MR) is 146 cm³/mol. The van der Waals surface area contributed by atoms with Crippen LogP contribution in [0.5, 0.6) is 0 Å². The molecule has 3 heterocycles. The first-order valence-corrected chi connectivity index (χ1v) is 13.8. The molecule has 3 fully saturated rings. The Morgan fingerprint density at radius 3 is 1.85 bits per heavy atom. The van der Waals surface area contributed by atoms with Crippen LogP contribution < -0.4 is 0 Å². The first-order chi connectivity index (χ1) is 20.2. The van der Waals surface area contributed by atoms with Gasteiger partial charge in [-0.05, 0) is 23.3 Å². The lowest BCUT2D eigenvalue weighted by Gasteiger charge is -2.25. The van der Waals surface area contributed by atoms with Crippen molar-refractivity contribution < 1.29 is 42.7 Å². The van der Waals surface area contributed by atoms with E-state index in [2.05, 4.69) is 0 Å². The highest BCUT2D eigenvalue weighted by molar-refractivity contribution is 5.89. The largest absolute Gasteiger partial charge is 0.459 e. The highest BCUT2D eigenvalue weighted by Gasteiger charge is 2.59. The predicted octanol–water partition coefficient (Wildman–Crippen LogP) is 3.89. The fraction of sp³-hybridized carbons (Fsp3) is 0.406. The minimum atomic E-state index is -0.632. The Kier molecular flexibility index (Phi) is 9.03. The highest BCUT2D eigenvalue weighted by Crippen LogP contribution is 2.40. The van der Waals surface area contributed by atoms with Crippen molar-refractivity contribution in [3.63, 3.8) is 0 Å². The normalized spacial score (nSPS) is 30.2. The molecule has 8 atom stereocenters. The van der Waals surface area contributed by atoms with Gasteiger partial charge in [0.25, 0.3) is 0 Å². The lowest BCUT2D eigenvalue weighted by atomic mass is 10.1. The SMILES string of the molecule is CO[C@H]1O[C@H](COC2O[C@H](COC(=O)c3ccccc3)[C@H]3O[C@@H]23)[C@@H](OCc2ccccc2)[C@@H]1OCc1ccccc1. The van der Waals surface area contributed by atoms with E-state index in [1.54, 1.807) is 31.4 Å². The standard InChI is InChI=1S/C32H34O9/c1-34-31-28(36-18-22-13-7-3-8-14-22)26(35-17-21-11-5-2-6-12-21)24(39-31)20-38-32-29-27(41-29)25(40-32)19-37-30(33)23-15-9-4-10-16-23/h2-16,24-29,31-32H,17-20H2,1H3/t24-,25-,26-,27-,28+,29-,31+,32?/m1/s1. The summed E-state index contributed by atoms with van der Waals surface area (Å²) in [6.07, 6.45) is -3.44. The molecule has 6 rings (SSSR count). The first kappa shape index (κ1) is 28.0. The average molecular weight is 563 g/mol. The van der Waals surface area contributed by atoms with Gasteiger partial charge in [0, 0.05) is 7.11 Å². The third kappa shape index (κ3) is 6.85.